The minimum atomic E-state index is -2.96. The van der Waals surface area contributed by atoms with Crippen molar-refractivity contribution < 1.29 is 13.2 Å². The van der Waals surface area contributed by atoms with Gasteiger partial charge in [-0.15, -0.1) is 0 Å². The number of aromatic nitrogens is 3. The maximum atomic E-state index is 11.8. The van der Waals surface area contributed by atoms with Crippen LogP contribution in [0.15, 0.2) is 36.7 Å². The van der Waals surface area contributed by atoms with Gasteiger partial charge in [-0.3, -0.25) is 9.58 Å². The van der Waals surface area contributed by atoms with Crippen LogP contribution in [-0.2, 0) is 16.4 Å². The summed E-state index contributed by atoms with van der Waals surface area (Å²) < 4.78 is 31.2. The largest absolute Gasteiger partial charge is 0.475 e. The van der Waals surface area contributed by atoms with E-state index in [2.05, 4.69) is 15.0 Å². The van der Waals surface area contributed by atoms with Gasteiger partial charge in [0.2, 0.25) is 5.88 Å². The molecule has 0 N–H and O–H groups in total. The smallest absolute Gasteiger partial charge is 0.213 e. The van der Waals surface area contributed by atoms with E-state index >= 15 is 0 Å². The zero-order valence-electron chi connectivity index (χ0n) is 13.7. The summed E-state index contributed by atoms with van der Waals surface area (Å²) in [5.41, 5.74) is 1.07. The highest BCUT2D eigenvalue weighted by atomic mass is 32.2. The zero-order chi connectivity index (χ0) is 17.0. The van der Waals surface area contributed by atoms with Gasteiger partial charge in [-0.25, -0.2) is 13.4 Å². The molecule has 1 aliphatic heterocycles. The lowest BCUT2D eigenvalue weighted by Gasteiger charge is -2.33. The summed E-state index contributed by atoms with van der Waals surface area (Å²) in [7, 11) is -2.96. The summed E-state index contributed by atoms with van der Waals surface area (Å²) in [5.74, 6) is 0.952. The van der Waals surface area contributed by atoms with Crippen LogP contribution in [0.1, 0.15) is 18.7 Å². The normalized spacial score (nSPS) is 18.3. The van der Waals surface area contributed by atoms with E-state index in [4.69, 9.17) is 4.74 Å². The molecule has 2 aromatic heterocycles. The van der Waals surface area contributed by atoms with Crippen LogP contribution in [0.25, 0.3) is 0 Å². The molecule has 3 heterocycles. The van der Waals surface area contributed by atoms with Gasteiger partial charge in [0.15, 0.2) is 9.84 Å². The molecule has 0 radical (unpaired) electrons. The average molecular weight is 350 g/mol. The fraction of sp³-hybridized carbons (Fsp3) is 0.500. The first-order valence-electron chi connectivity index (χ1n) is 8.06. The van der Waals surface area contributed by atoms with E-state index in [1.54, 1.807) is 19.3 Å². The molecular formula is C16H22N4O3S. The molecule has 1 aliphatic rings. The van der Waals surface area contributed by atoms with Gasteiger partial charge in [0.25, 0.3) is 0 Å². The molecule has 1 atom stereocenters. The summed E-state index contributed by atoms with van der Waals surface area (Å²) in [6, 6.07) is 7.54. The Hall–Kier alpha value is -1.93. The lowest BCUT2D eigenvalue weighted by atomic mass is 10.2. The van der Waals surface area contributed by atoms with Crippen LogP contribution in [0.5, 0.6) is 5.88 Å². The van der Waals surface area contributed by atoms with Crippen LogP contribution >= 0.6 is 0 Å². The van der Waals surface area contributed by atoms with E-state index in [9.17, 15) is 8.42 Å². The summed E-state index contributed by atoms with van der Waals surface area (Å²) in [5, 5.41) is 4.38. The van der Waals surface area contributed by atoms with Gasteiger partial charge in [-0.2, -0.15) is 5.10 Å². The Labute approximate surface area is 142 Å². The van der Waals surface area contributed by atoms with E-state index in [0.717, 1.165) is 5.69 Å². The van der Waals surface area contributed by atoms with E-state index < -0.39 is 9.84 Å². The minimum absolute atomic E-state index is 0.0371. The number of hydrogen-bond donors (Lipinski definition) is 0. The molecule has 0 saturated carbocycles. The van der Waals surface area contributed by atoms with Gasteiger partial charge >= 0.3 is 0 Å². The topological polar surface area (TPSA) is 77.3 Å². The SMILES string of the molecule is CCS(=O)(=O)CCN1Cc2ccnn2[C@@H](COc2ccccn2)C1. The first-order chi connectivity index (χ1) is 11.6. The van der Waals surface area contributed by atoms with Crippen molar-refractivity contribution in [2.75, 3.05) is 31.2 Å². The van der Waals surface area contributed by atoms with Crippen molar-refractivity contribution in [1.82, 2.24) is 19.7 Å². The van der Waals surface area contributed by atoms with Crippen molar-refractivity contribution >= 4 is 9.84 Å². The summed E-state index contributed by atoms with van der Waals surface area (Å²) in [6.07, 6.45) is 3.47. The van der Waals surface area contributed by atoms with Gasteiger partial charge < -0.3 is 4.74 Å². The second kappa shape index (κ2) is 7.31. The number of rotatable bonds is 7. The lowest BCUT2D eigenvalue weighted by Crippen LogP contribution is -2.42. The Balaban J connectivity index is 1.65. The molecule has 7 nitrogen and oxygen atoms in total. The average Bonchev–Trinajstić information content (AvgIpc) is 3.07. The highest BCUT2D eigenvalue weighted by molar-refractivity contribution is 7.91. The molecular weight excluding hydrogens is 328 g/mol. The van der Waals surface area contributed by atoms with Crippen LogP contribution in [0.2, 0.25) is 0 Å². The van der Waals surface area contributed by atoms with E-state index in [1.807, 2.05) is 28.9 Å². The Morgan fingerprint density at radius 2 is 2.17 bits per heavy atom. The molecule has 2 aromatic rings. The molecule has 0 unspecified atom stereocenters. The highest BCUT2D eigenvalue weighted by Gasteiger charge is 2.26. The van der Waals surface area contributed by atoms with Gasteiger partial charge in [0, 0.05) is 43.8 Å². The highest BCUT2D eigenvalue weighted by Crippen LogP contribution is 2.21. The minimum Gasteiger partial charge on any atom is -0.475 e. The van der Waals surface area contributed by atoms with Crippen LogP contribution in [0.3, 0.4) is 0 Å². The molecule has 3 rings (SSSR count). The molecule has 0 fully saturated rings. The third-order valence-electron chi connectivity index (χ3n) is 4.17. The second-order valence-electron chi connectivity index (χ2n) is 5.87. The number of sulfone groups is 1. The molecule has 24 heavy (non-hydrogen) atoms. The van der Waals surface area contributed by atoms with Crippen LogP contribution < -0.4 is 4.74 Å². The third kappa shape index (κ3) is 4.12. The van der Waals surface area contributed by atoms with E-state index in [1.165, 1.54) is 0 Å². The zero-order valence-corrected chi connectivity index (χ0v) is 14.5. The summed E-state index contributed by atoms with van der Waals surface area (Å²) in [6.45, 7) is 4.08. The Bertz CT molecular complexity index is 761. The summed E-state index contributed by atoms with van der Waals surface area (Å²) in [4.78, 5) is 6.31. The Morgan fingerprint density at radius 1 is 1.29 bits per heavy atom. The van der Waals surface area contributed by atoms with Crippen molar-refractivity contribution in [3.63, 3.8) is 0 Å². The molecule has 0 saturated heterocycles. The van der Waals surface area contributed by atoms with Gasteiger partial charge in [-0.1, -0.05) is 13.0 Å². The van der Waals surface area contributed by atoms with Gasteiger partial charge in [0.1, 0.15) is 6.61 Å². The van der Waals surface area contributed by atoms with Gasteiger partial charge in [0.05, 0.1) is 17.5 Å². The third-order valence-corrected chi connectivity index (χ3v) is 5.86. The van der Waals surface area contributed by atoms with Crippen LogP contribution in [-0.4, -0.2) is 59.3 Å². The van der Waals surface area contributed by atoms with Crippen molar-refractivity contribution in [3.8, 4) is 5.88 Å². The quantitative estimate of drug-likeness (QED) is 0.745. The molecule has 0 aromatic carbocycles. The second-order valence-corrected chi connectivity index (χ2v) is 8.34. The van der Waals surface area contributed by atoms with Gasteiger partial charge in [-0.05, 0) is 12.1 Å². The molecule has 0 spiro atoms. The number of pyridine rings is 1. The number of fused-ring (bicyclic) bond motifs is 1. The van der Waals surface area contributed by atoms with E-state index in [-0.39, 0.29) is 17.5 Å². The molecule has 0 amide bonds. The fourth-order valence-corrected chi connectivity index (χ4v) is 3.61. The first kappa shape index (κ1) is 16.9. The van der Waals surface area contributed by atoms with Crippen LogP contribution in [0.4, 0.5) is 0 Å². The first-order valence-corrected chi connectivity index (χ1v) is 9.88. The maximum Gasteiger partial charge on any atom is 0.213 e. The Morgan fingerprint density at radius 3 is 2.92 bits per heavy atom. The van der Waals surface area contributed by atoms with Crippen LogP contribution in [0, 0.1) is 0 Å². The lowest BCUT2D eigenvalue weighted by molar-refractivity contribution is 0.135. The number of hydrogen-bond acceptors (Lipinski definition) is 6. The van der Waals surface area contributed by atoms with Crippen molar-refractivity contribution in [1.29, 1.82) is 0 Å². The monoisotopic (exact) mass is 350 g/mol. The molecule has 0 bridgehead atoms. The van der Waals surface area contributed by atoms with Crippen molar-refractivity contribution in [3.05, 3.63) is 42.4 Å². The predicted molar refractivity (Wildman–Crippen MR) is 90.6 cm³/mol. The number of ether oxygens (including phenoxy) is 1. The fourth-order valence-electron chi connectivity index (χ4n) is 2.78. The van der Waals surface area contributed by atoms with Crippen molar-refractivity contribution in [2.45, 2.75) is 19.5 Å². The molecule has 8 heteroatoms. The van der Waals surface area contributed by atoms with Crippen molar-refractivity contribution in [2.24, 2.45) is 0 Å². The molecule has 0 aliphatic carbocycles. The maximum absolute atomic E-state index is 11.8. The van der Waals surface area contributed by atoms with E-state index in [0.29, 0.717) is 32.1 Å². The molecule has 130 valence electrons. The standard InChI is InChI=1S/C16H22N4O3S/c1-2-24(21,22)10-9-19-11-14-6-8-18-20(14)15(12-19)13-23-16-5-3-4-7-17-16/h3-8,15H,2,9-13H2,1H3/t15-/m1/s1. The number of nitrogens with zero attached hydrogens (tertiary/aromatic N) is 4. The predicted octanol–water partition coefficient (Wildman–Crippen LogP) is 1.15. The summed E-state index contributed by atoms with van der Waals surface area (Å²) >= 11 is 0. The Kier molecular flexibility index (Phi) is 5.15.